The summed E-state index contributed by atoms with van der Waals surface area (Å²) in [7, 11) is 0. The highest BCUT2D eigenvalue weighted by Gasteiger charge is 2.20. The zero-order valence-corrected chi connectivity index (χ0v) is 42.1. The molecule has 0 bridgehead atoms. The van der Waals surface area contributed by atoms with Gasteiger partial charge >= 0.3 is 0 Å². The lowest BCUT2D eigenvalue weighted by atomic mass is 10.1. The molecule has 0 spiro atoms. The van der Waals surface area contributed by atoms with E-state index < -0.39 is 0 Å². The van der Waals surface area contributed by atoms with E-state index in [1.54, 1.807) is 30.6 Å². The average Bonchev–Trinajstić information content (AvgIpc) is 4.42. The lowest BCUT2D eigenvalue weighted by molar-refractivity contribution is -0.902. The second-order valence-corrected chi connectivity index (χ2v) is 14.2. The zero-order chi connectivity index (χ0) is 58.4. The molecular formula is C44H40N6O33. The number of rotatable bonds is 36. The van der Waals surface area contributed by atoms with Crippen LogP contribution in [0, 0.1) is 13.8 Å². The first-order valence-electron chi connectivity index (χ1n) is 22.3. The van der Waals surface area contributed by atoms with E-state index in [9.17, 15) is 5.11 Å². The maximum atomic E-state index is 9.89. The van der Waals surface area contributed by atoms with E-state index in [1.807, 2.05) is 124 Å². The van der Waals surface area contributed by atoms with Crippen LogP contribution >= 0.6 is 0 Å². The highest BCUT2D eigenvalue weighted by atomic mass is 18.0. The summed E-state index contributed by atoms with van der Waals surface area (Å²) < 4.78 is 28.6. The van der Waals surface area contributed by atoms with E-state index >= 15 is 0 Å². The topological polar surface area (TPSA) is 423 Å². The molecule has 444 valence electrons. The number of benzene rings is 4. The Labute approximate surface area is 460 Å². The minimum absolute atomic E-state index is 0.0887. The van der Waals surface area contributed by atoms with E-state index in [1.165, 1.54) is 0 Å². The highest BCUT2D eigenvalue weighted by molar-refractivity contribution is 5.68. The molecule has 8 aromatic rings. The molecule has 0 aliphatic rings. The van der Waals surface area contributed by atoms with Crippen LogP contribution in [0.3, 0.4) is 0 Å². The maximum Gasteiger partial charge on any atom is 0.262 e. The first kappa shape index (κ1) is 63.8. The van der Waals surface area contributed by atoms with Crippen LogP contribution in [0.5, 0.6) is 23.0 Å². The standard InChI is InChI=1S/C23H21N3O3.C21H17N3O3.H2O27/c1-3-27-18-11-12-20(28-15-17-9-5-4-6-10-17)19(14-18)23-25-22(26-29-23)21-16(2)8-7-13-24-21;1-14-6-5-11-22-19(14)20-23-21(27-24-20)17-12-16(25)9-10-18(17)26-13-15-7-3-2-4-8-15;1-3-5-7-9-11-13-15-17-19-21-23-25-27-26-24-22-20-18-16-14-12-10-8-6-4-2/h4-14H,3,15H2,1-2H3;2-12,25H,13H2,1H3;1-2H. The molecule has 0 saturated heterocycles. The molecule has 83 heavy (non-hydrogen) atoms. The van der Waals surface area contributed by atoms with Crippen molar-refractivity contribution in [3.63, 3.8) is 0 Å². The number of nitrogens with zero attached hydrogens (tertiary/aromatic N) is 6. The van der Waals surface area contributed by atoms with Gasteiger partial charge in [0, 0.05) is 57.7 Å². The summed E-state index contributed by atoms with van der Waals surface area (Å²) in [6.07, 6.45) is 3.39. The van der Waals surface area contributed by atoms with Gasteiger partial charge in [0.1, 0.15) is 47.6 Å². The van der Waals surface area contributed by atoms with Gasteiger partial charge in [0.05, 0.1) is 17.7 Å². The Balaban J connectivity index is 0.000000200. The maximum absolute atomic E-state index is 9.89. The van der Waals surface area contributed by atoms with Crippen molar-refractivity contribution in [1.82, 2.24) is 30.2 Å². The molecule has 0 atom stereocenters. The molecule has 0 aliphatic heterocycles. The average molecular weight is 1180 g/mol. The molecule has 4 aromatic heterocycles. The van der Waals surface area contributed by atoms with Crippen LogP contribution in [0.15, 0.2) is 143 Å². The summed E-state index contributed by atoms with van der Waals surface area (Å²) in [6, 6.07) is 37.8. The van der Waals surface area contributed by atoms with Gasteiger partial charge in [-0.2, -0.15) is 9.97 Å². The van der Waals surface area contributed by atoms with Crippen LogP contribution in [-0.4, -0.2) is 52.5 Å². The number of phenols is 1. The van der Waals surface area contributed by atoms with Gasteiger partial charge < -0.3 is 28.4 Å². The van der Waals surface area contributed by atoms with Crippen molar-refractivity contribution in [2.24, 2.45) is 0 Å². The third-order valence-electron chi connectivity index (χ3n) is 9.13. The predicted octanol–water partition coefficient (Wildman–Crippen LogP) is 7.78. The Morgan fingerprint density at radius 1 is 0.410 bits per heavy atom. The van der Waals surface area contributed by atoms with Crippen LogP contribution in [0.25, 0.3) is 45.9 Å². The predicted molar refractivity (Wildman–Crippen MR) is 242 cm³/mol. The molecule has 0 radical (unpaired) electrons. The third-order valence-corrected chi connectivity index (χ3v) is 9.13. The summed E-state index contributed by atoms with van der Waals surface area (Å²) in [5, 5.41) is 118. The fourth-order valence-electron chi connectivity index (χ4n) is 5.90. The molecule has 39 heteroatoms. The minimum atomic E-state index is 0.0887. The Morgan fingerprint density at radius 3 is 1.16 bits per heavy atom. The summed E-state index contributed by atoms with van der Waals surface area (Å²) in [5.41, 5.74) is 6.58. The van der Waals surface area contributed by atoms with Crippen molar-refractivity contribution in [3.05, 3.63) is 156 Å². The number of hydrogen-bond donors (Lipinski definition) is 3. The summed E-state index contributed by atoms with van der Waals surface area (Å²) in [5.74, 6) is 3.43. The van der Waals surface area contributed by atoms with Crippen molar-refractivity contribution in [2.45, 2.75) is 34.0 Å². The zero-order valence-electron chi connectivity index (χ0n) is 42.1. The number of aromatic nitrogens is 6. The summed E-state index contributed by atoms with van der Waals surface area (Å²) in [4.78, 5) is 17.7. The quantitative estimate of drug-likeness (QED) is 0.0191. The van der Waals surface area contributed by atoms with Crippen LogP contribution < -0.4 is 14.2 Å². The van der Waals surface area contributed by atoms with Crippen molar-refractivity contribution in [2.75, 3.05) is 6.61 Å². The fraction of sp³-hybridized carbons (Fsp3) is 0.136. The molecule has 39 nitrogen and oxygen atoms in total. The second-order valence-electron chi connectivity index (χ2n) is 14.2. The van der Waals surface area contributed by atoms with Crippen LogP contribution in [-0.2, 0) is 139 Å². The molecule has 0 fully saturated rings. The number of ether oxygens (including phenoxy) is 3. The molecular weight excluding hydrogens is 1140 g/mol. The third kappa shape index (κ3) is 23.5. The van der Waals surface area contributed by atoms with Crippen LogP contribution in [0.2, 0.25) is 0 Å². The van der Waals surface area contributed by atoms with Gasteiger partial charge in [0.25, 0.3) is 11.8 Å². The number of aryl methyl sites for hydroxylation is 2. The first-order valence-corrected chi connectivity index (χ1v) is 22.3. The van der Waals surface area contributed by atoms with Crippen molar-refractivity contribution in [3.8, 4) is 68.9 Å². The van der Waals surface area contributed by atoms with Gasteiger partial charge in [0.15, 0.2) is 0 Å². The molecule has 3 N–H and O–H groups in total. The van der Waals surface area contributed by atoms with Gasteiger partial charge in [-0.05, 0) is 172 Å². The number of aromatic hydroxyl groups is 1. The van der Waals surface area contributed by atoms with Gasteiger partial charge in [0.2, 0.25) is 11.6 Å². The van der Waals surface area contributed by atoms with Gasteiger partial charge in [-0.15, -0.1) is 0 Å². The lowest BCUT2D eigenvalue weighted by Crippen LogP contribution is -2.06. The van der Waals surface area contributed by atoms with Gasteiger partial charge in [-0.25, -0.2) is 10.5 Å². The van der Waals surface area contributed by atoms with Crippen molar-refractivity contribution in [1.29, 1.82) is 0 Å². The summed E-state index contributed by atoms with van der Waals surface area (Å²) in [6.45, 7) is 7.21. The van der Waals surface area contributed by atoms with E-state index in [0.29, 0.717) is 77.1 Å². The molecule has 0 unspecified atom stereocenters. The van der Waals surface area contributed by atoms with Crippen LogP contribution in [0.1, 0.15) is 29.2 Å². The Hall–Kier alpha value is -8.42. The Bertz CT molecular complexity index is 2980. The molecule has 0 amide bonds. The van der Waals surface area contributed by atoms with E-state index in [-0.39, 0.29) is 11.6 Å². The smallest absolute Gasteiger partial charge is 0.262 e. The van der Waals surface area contributed by atoms with E-state index in [2.05, 4.69) is 156 Å². The number of phenolic OH excluding ortho intramolecular Hbond substituents is 1. The summed E-state index contributed by atoms with van der Waals surface area (Å²) >= 11 is 0. The Morgan fingerprint density at radius 2 is 0.783 bits per heavy atom. The monoisotopic (exact) mass is 1180 g/mol. The lowest BCUT2D eigenvalue weighted by Gasteiger charge is -2.11. The fourth-order valence-corrected chi connectivity index (χ4v) is 5.90. The van der Waals surface area contributed by atoms with Gasteiger partial charge in [-0.3, -0.25) is 9.97 Å². The van der Waals surface area contributed by atoms with Crippen molar-refractivity contribution < 1.29 is 165 Å². The van der Waals surface area contributed by atoms with Crippen LogP contribution in [0.4, 0.5) is 0 Å². The minimum Gasteiger partial charge on any atom is -0.508 e. The second kappa shape index (κ2) is 38.3. The normalized spacial score (nSPS) is 10.9. The number of pyridine rings is 2. The highest BCUT2D eigenvalue weighted by Crippen LogP contribution is 2.36. The molecule has 8 rings (SSSR count). The van der Waals surface area contributed by atoms with E-state index in [4.69, 9.17) is 33.8 Å². The Kier molecular flexibility index (Phi) is 29.4. The molecule has 4 heterocycles. The van der Waals surface area contributed by atoms with Crippen molar-refractivity contribution >= 4 is 0 Å². The van der Waals surface area contributed by atoms with Gasteiger partial charge in [-0.1, -0.05) is 83.1 Å². The van der Waals surface area contributed by atoms with E-state index in [0.717, 1.165) is 22.3 Å². The first-order chi connectivity index (χ1) is 40.9. The SMILES string of the molecule is CCOc1ccc(OCc2ccccc2)c(-c2nc(-c3ncccc3C)no2)c1.Cc1cccnc1-c1noc(-c2cc(O)ccc2OCc2ccccc2)n1.OOOOOOOOOOOOOOOOOOOOOOOOOOO. The number of hydrogen-bond acceptors (Lipinski definition) is 39. The molecule has 4 aromatic carbocycles. The molecule has 0 aliphatic carbocycles. The molecule has 0 saturated carbocycles. The largest absolute Gasteiger partial charge is 0.508 e.